The first-order chi connectivity index (χ1) is 18.0. The topological polar surface area (TPSA) is 171 Å². The fraction of sp³-hybridized carbons (Fsp3) is 0.385. The SMILES string of the molecule is CC1(C)SSC[C@@H](NC(=O)[C@H](N)Cc2ccc(O)cc2)C(=O)NC(Cc2ccccc2)C(=O)N[C@H]1C(=O)O. The van der Waals surface area contributed by atoms with Crippen LogP contribution in [0.3, 0.4) is 0 Å². The van der Waals surface area contributed by atoms with Gasteiger partial charge in [-0.2, -0.15) is 0 Å². The standard InChI is InChI=1S/C26H32N4O6S2/c1-26(2)21(25(35)36)30-23(33)19(13-15-6-4-3-5-7-15)28-24(34)20(14-37-38-26)29-22(32)18(27)12-16-8-10-17(31)11-9-16/h3-11,18-21,31H,12-14,27H2,1-2H3,(H,28,34)(H,29,32)(H,30,33)(H,35,36)/t18-,19?,20-,21+/m1/s1. The normalized spacial score (nSPS) is 22.8. The van der Waals surface area contributed by atoms with Crippen molar-refractivity contribution in [2.24, 2.45) is 5.73 Å². The first-order valence-corrected chi connectivity index (χ1v) is 14.3. The first-order valence-electron chi connectivity index (χ1n) is 12.0. The van der Waals surface area contributed by atoms with E-state index in [0.717, 1.165) is 11.1 Å². The number of aromatic hydroxyl groups is 1. The van der Waals surface area contributed by atoms with Gasteiger partial charge in [-0.15, -0.1) is 0 Å². The van der Waals surface area contributed by atoms with Gasteiger partial charge in [-0.25, -0.2) is 4.79 Å². The summed E-state index contributed by atoms with van der Waals surface area (Å²) >= 11 is 0. The number of hydrogen-bond donors (Lipinski definition) is 6. The number of rotatable bonds is 7. The molecule has 3 rings (SSSR count). The monoisotopic (exact) mass is 560 g/mol. The highest BCUT2D eigenvalue weighted by Crippen LogP contribution is 2.39. The van der Waals surface area contributed by atoms with Gasteiger partial charge in [0.15, 0.2) is 0 Å². The van der Waals surface area contributed by atoms with E-state index in [4.69, 9.17) is 5.73 Å². The van der Waals surface area contributed by atoms with Crippen LogP contribution in [-0.4, -0.2) is 68.6 Å². The lowest BCUT2D eigenvalue weighted by Crippen LogP contribution is -2.59. The molecule has 12 heteroatoms. The fourth-order valence-corrected chi connectivity index (χ4v) is 6.66. The molecule has 4 atom stereocenters. The van der Waals surface area contributed by atoms with Crippen LogP contribution in [0.5, 0.6) is 5.75 Å². The maximum Gasteiger partial charge on any atom is 0.327 e. The van der Waals surface area contributed by atoms with Gasteiger partial charge in [0.25, 0.3) is 0 Å². The molecule has 1 aliphatic rings. The molecule has 0 radical (unpaired) electrons. The van der Waals surface area contributed by atoms with Gasteiger partial charge in [0.2, 0.25) is 17.7 Å². The van der Waals surface area contributed by atoms with E-state index in [1.165, 1.54) is 33.7 Å². The molecule has 204 valence electrons. The molecule has 1 aliphatic heterocycles. The second-order valence-electron chi connectivity index (χ2n) is 9.54. The molecule has 38 heavy (non-hydrogen) atoms. The molecule has 0 aromatic heterocycles. The molecule has 10 nitrogen and oxygen atoms in total. The lowest BCUT2D eigenvalue weighted by molar-refractivity contribution is -0.143. The summed E-state index contributed by atoms with van der Waals surface area (Å²) in [5.41, 5.74) is 7.61. The molecule has 0 aliphatic carbocycles. The maximum atomic E-state index is 13.3. The van der Waals surface area contributed by atoms with E-state index in [1.807, 2.05) is 6.07 Å². The van der Waals surface area contributed by atoms with Crippen molar-refractivity contribution in [3.8, 4) is 5.75 Å². The summed E-state index contributed by atoms with van der Waals surface area (Å²) in [6.45, 7) is 3.40. The van der Waals surface area contributed by atoms with Crippen LogP contribution >= 0.6 is 21.6 Å². The van der Waals surface area contributed by atoms with Crippen molar-refractivity contribution < 1.29 is 29.4 Å². The largest absolute Gasteiger partial charge is 0.508 e. The minimum Gasteiger partial charge on any atom is -0.508 e. The van der Waals surface area contributed by atoms with Gasteiger partial charge in [-0.1, -0.05) is 64.1 Å². The molecule has 2 aromatic carbocycles. The van der Waals surface area contributed by atoms with Crippen LogP contribution in [0.1, 0.15) is 25.0 Å². The van der Waals surface area contributed by atoms with Crippen molar-refractivity contribution >= 4 is 45.3 Å². The summed E-state index contributed by atoms with van der Waals surface area (Å²) in [6.07, 6.45) is 0.321. The Morgan fingerprint density at radius 2 is 1.71 bits per heavy atom. The number of nitrogens with one attached hydrogen (secondary N) is 3. The molecule has 0 bridgehead atoms. The summed E-state index contributed by atoms with van der Waals surface area (Å²) in [4.78, 5) is 51.5. The van der Waals surface area contributed by atoms with E-state index in [9.17, 15) is 29.4 Å². The molecular formula is C26H32N4O6S2. The van der Waals surface area contributed by atoms with Crippen molar-refractivity contribution in [1.29, 1.82) is 0 Å². The average Bonchev–Trinajstić information content (AvgIpc) is 2.88. The smallest absolute Gasteiger partial charge is 0.327 e. The van der Waals surface area contributed by atoms with Gasteiger partial charge in [0, 0.05) is 12.2 Å². The number of carbonyl (C=O) groups excluding carboxylic acids is 3. The highest BCUT2D eigenvalue weighted by atomic mass is 33.1. The van der Waals surface area contributed by atoms with Crippen molar-refractivity contribution in [3.05, 3.63) is 65.7 Å². The van der Waals surface area contributed by atoms with Crippen LogP contribution in [0.25, 0.3) is 0 Å². The Morgan fingerprint density at radius 3 is 2.34 bits per heavy atom. The molecule has 1 heterocycles. The summed E-state index contributed by atoms with van der Waals surface area (Å²) < 4.78 is -0.930. The number of nitrogens with two attached hydrogens (primary N) is 1. The Kier molecular flexibility index (Phi) is 10.1. The molecule has 0 saturated carbocycles. The van der Waals surface area contributed by atoms with E-state index in [2.05, 4.69) is 16.0 Å². The number of carboxylic acids is 1. The third-order valence-electron chi connectivity index (χ3n) is 6.01. The van der Waals surface area contributed by atoms with Crippen molar-refractivity contribution in [1.82, 2.24) is 16.0 Å². The predicted molar refractivity (Wildman–Crippen MR) is 147 cm³/mol. The van der Waals surface area contributed by atoms with Gasteiger partial charge in [0.05, 0.1) is 10.8 Å². The number of amides is 3. The third kappa shape index (κ3) is 8.14. The molecule has 3 amide bonds. The van der Waals surface area contributed by atoms with E-state index in [-0.39, 0.29) is 24.3 Å². The molecule has 2 aromatic rings. The first kappa shape index (κ1) is 29.3. The average molecular weight is 561 g/mol. The highest BCUT2D eigenvalue weighted by molar-refractivity contribution is 8.77. The molecular weight excluding hydrogens is 528 g/mol. The minimum atomic E-state index is -1.22. The van der Waals surface area contributed by atoms with E-state index >= 15 is 0 Å². The summed E-state index contributed by atoms with van der Waals surface area (Å²) in [5, 5.41) is 27.3. The van der Waals surface area contributed by atoms with Crippen molar-refractivity contribution in [3.63, 3.8) is 0 Å². The van der Waals surface area contributed by atoms with Crippen LogP contribution in [0.4, 0.5) is 0 Å². The number of carboxylic acid groups (broad SMARTS) is 1. The lowest BCUT2D eigenvalue weighted by atomic mass is 10.0. The Bertz CT molecular complexity index is 1150. The van der Waals surface area contributed by atoms with Gasteiger partial charge < -0.3 is 31.9 Å². The minimum absolute atomic E-state index is 0.0950. The number of hydrogen-bond acceptors (Lipinski definition) is 8. The zero-order valence-electron chi connectivity index (χ0n) is 21.0. The number of aliphatic carboxylic acids is 1. The van der Waals surface area contributed by atoms with E-state index in [0.29, 0.717) is 0 Å². The zero-order valence-corrected chi connectivity index (χ0v) is 22.7. The van der Waals surface area contributed by atoms with Crippen LogP contribution in [0, 0.1) is 0 Å². The Hall–Kier alpha value is -3.22. The Morgan fingerprint density at radius 1 is 1.05 bits per heavy atom. The molecule has 0 spiro atoms. The Labute approximate surface area is 228 Å². The highest BCUT2D eigenvalue weighted by Gasteiger charge is 2.40. The Balaban J connectivity index is 1.81. The van der Waals surface area contributed by atoms with Gasteiger partial charge in [-0.05, 0) is 43.5 Å². The summed E-state index contributed by atoms with van der Waals surface area (Å²) in [6, 6.07) is 11.1. The number of carbonyl (C=O) groups is 4. The second kappa shape index (κ2) is 13.0. The molecule has 7 N–H and O–H groups in total. The van der Waals surface area contributed by atoms with Crippen LogP contribution in [-0.2, 0) is 32.0 Å². The second-order valence-corrected chi connectivity index (χ2v) is 12.5. The number of benzene rings is 2. The van der Waals surface area contributed by atoms with Gasteiger partial charge in [-0.3, -0.25) is 14.4 Å². The van der Waals surface area contributed by atoms with E-state index < -0.39 is 52.6 Å². The van der Waals surface area contributed by atoms with Gasteiger partial charge >= 0.3 is 5.97 Å². The molecule has 1 saturated heterocycles. The van der Waals surface area contributed by atoms with Crippen molar-refractivity contribution in [2.75, 3.05) is 5.75 Å². The van der Waals surface area contributed by atoms with Crippen LogP contribution in [0.15, 0.2) is 54.6 Å². The van der Waals surface area contributed by atoms with Crippen LogP contribution < -0.4 is 21.7 Å². The predicted octanol–water partition coefficient (Wildman–Crippen LogP) is 1.22. The number of phenolic OH excluding ortho intramolecular Hbond substituents is 1. The molecule has 1 fully saturated rings. The lowest BCUT2D eigenvalue weighted by Gasteiger charge is -2.31. The zero-order chi connectivity index (χ0) is 27.9. The quantitative estimate of drug-likeness (QED) is 0.272. The molecule has 1 unspecified atom stereocenters. The summed E-state index contributed by atoms with van der Waals surface area (Å²) in [5.74, 6) is -2.74. The third-order valence-corrected chi connectivity index (χ3v) is 9.32. The van der Waals surface area contributed by atoms with E-state index in [1.54, 1.807) is 50.2 Å². The fourth-order valence-electron chi connectivity index (χ4n) is 3.85. The van der Waals surface area contributed by atoms with Gasteiger partial charge in [0.1, 0.15) is 23.9 Å². The summed E-state index contributed by atoms with van der Waals surface area (Å²) in [7, 11) is 2.43. The maximum absolute atomic E-state index is 13.3. The van der Waals surface area contributed by atoms with Crippen LogP contribution in [0.2, 0.25) is 0 Å². The van der Waals surface area contributed by atoms with Crippen molar-refractivity contribution in [2.45, 2.75) is 55.6 Å². The number of phenols is 1.